The number of aryl methyl sites for hydroxylation is 3. The average Bonchev–Trinajstić information content (AvgIpc) is 2.73. The highest BCUT2D eigenvalue weighted by Crippen LogP contribution is 2.40. The third kappa shape index (κ3) is 5.36. The number of benzene rings is 2. The summed E-state index contributed by atoms with van der Waals surface area (Å²) < 4.78 is 16.6. The quantitative estimate of drug-likeness (QED) is 0.719. The molecule has 2 aromatic rings. The highest BCUT2D eigenvalue weighted by atomic mass is 16.6. The van der Waals surface area contributed by atoms with Crippen molar-refractivity contribution in [3.63, 3.8) is 0 Å². The Hall–Kier alpha value is -3.48. The Balaban J connectivity index is 1.64. The zero-order valence-electron chi connectivity index (χ0n) is 18.6. The fourth-order valence-electron chi connectivity index (χ4n) is 3.53. The molecule has 0 saturated heterocycles. The van der Waals surface area contributed by atoms with Crippen LogP contribution in [-0.4, -0.2) is 50.6 Å². The van der Waals surface area contributed by atoms with Crippen LogP contribution in [0.5, 0.6) is 17.2 Å². The molecular weight excluding hydrogens is 396 g/mol. The molecule has 7 heteroatoms. The highest BCUT2D eigenvalue weighted by Gasteiger charge is 2.18. The summed E-state index contributed by atoms with van der Waals surface area (Å²) in [6, 6.07) is 7.59. The molecule has 7 nitrogen and oxygen atoms in total. The predicted molar refractivity (Wildman–Crippen MR) is 120 cm³/mol. The minimum atomic E-state index is -0.290. The number of nitrogens with one attached hydrogen (secondary N) is 1. The SMILES string of the molecule is COc1cc(/C=C/C(=O)N(C)CC(=O)Nc2c(C)cc(C)cc2C)cc2c1OCCO2. The van der Waals surface area contributed by atoms with Crippen molar-refractivity contribution in [1.82, 2.24) is 4.90 Å². The van der Waals surface area contributed by atoms with Crippen molar-refractivity contribution in [2.24, 2.45) is 0 Å². The van der Waals surface area contributed by atoms with E-state index < -0.39 is 0 Å². The minimum Gasteiger partial charge on any atom is -0.493 e. The van der Waals surface area contributed by atoms with Gasteiger partial charge in [-0.3, -0.25) is 9.59 Å². The lowest BCUT2D eigenvalue weighted by molar-refractivity contribution is -0.129. The largest absolute Gasteiger partial charge is 0.493 e. The predicted octanol–water partition coefficient (Wildman–Crippen LogP) is 3.50. The van der Waals surface area contributed by atoms with Gasteiger partial charge in [0.2, 0.25) is 17.6 Å². The third-order valence-corrected chi connectivity index (χ3v) is 4.97. The molecule has 3 rings (SSSR count). The molecule has 0 aromatic heterocycles. The smallest absolute Gasteiger partial charge is 0.246 e. The normalized spacial score (nSPS) is 12.5. The standard InChI is InChI=1S/C24H28N2O5/c1-15-10-16(2)23(17(3)11-15)25-21(27)14-26(4)22(28)7-6-18-12-19(29-5)24-20(13-18)30-8-9-31-24/h6-7,10-13H,8-9,14H2,1-5H3,(H,25,27)/b7-6+. The maximum Gasteiger partial charge on any atom is 0.246 e. The van der Waals surface area contributed by atoms with Gasteiger partial charge in [-0.05, 0) is 55.7 Å². The molecule has 2 aromatic carbocycles. The first-order chi connectivity index (χ1) is 14.8. The molecule has 31 heavy (non-hydrogen) atoms. The van der Waals surface area contributed by atoms with Gasteiger partial charge in [-0.2, -0.15) is 0 Å². The van der Waals surface area contributed by atoms with Crippen LogP contribution in [0.15, 0.2) is 30.3 Å². The van der Waals surface area contributed by atoms with Crippen LogP contribution in [0.3, 0.4) is 0 Å². The van der Waals surface area contributed by atoms with Crippen LogP contribution in [-0.2, 0) is 9.59 Å². The third-order valence-electron chi connectivity index (χ3n) is 4.97. The van der Waals surface area contributed by atoms with Gasteiger partial charge in [0.1, 0.15) is 13.2 Å². The van der Waals surface area contributed by atoms with Crippen molar-refractivity contribution < 1.29 is 23.8 Å². The number of amides is 2. The van der Waals surface area contributed by atoms with Gasteiger partial charge in [0, 0.05) is 18.8 Å². The number of hydrogen-bond acceptors (Lipinski definition) is 5. The summed E-state index contributed by atoms with van der Waals surface area (Å²) in [5.74, 6) is 1.14. The second-order valence-corrected chi connectivity index (χ2v) is 7.60. The number of likely N-dealkylation sites (N-methyl/N-ethyl adjacent to an activating group) is 1. The maximum atomic E-state index is 12.5. The summed E-state index contributed by atoms with van der Waals surface area (Å²) in [6.45, 7) is 6.79. The van der Waals surface area contributed by atoms with Crippen molar-refractivity contribution in [2.45, 2.75) is 20.8 Å². The lowest BCUT2D eigenvalue weighted by Crippen LogP contribution is -2.34. The van der Waals surface area contributed by atoms with E-state index in [-0.39, 0.29) is 18.4 Å². The Morgan fingerprint density at radius 1 is 1.10 bits per heavy atom. The number of carbonyl (C=O) groups excluding carboxylic acids is 2. The second kappa shape index (κ2) is 9.55. The first-order valence-corrected chi connectivity index (χ1v) is 10.1. The van der Waals surface area contributed by atoms with E-state index in [0.717, 1.165) is 27.9 Å². The number of anilines is 1. The summed E-state index contributed by atoms with van der Waals surface area (Å²) in [5, 5.41) is 2.91. The van der Waals surface area contributed by atoms with Crippen LogP contribution in [0.25, 0.3) is 6.08 Å². The molecule has 1 N–H and O–H groups in total. The molecule has 1 aliphatic heterocycles. The molecule has 0 saturated carbocycles. The van der Waals surface area contributed by atoms with Crippen LogP contribution in [0, 0.1) is 20.8 Å². The molecule has 0 fully saturated rings. The van der Waals surface area contributed by atoms with Crippen LogP contribution < -0.4 is 19.5 Å². The number of hydrogen-bond donors (Lipinski definition) is 1. The lowest BCUT2D eigenvalue weighted by atomic mass is 10.1. The molecule has 0 spiro atoms. The summed E-state index contributed by atoms with van der Waals surface area (Å²) in [7, 11) is 3.14. The minimum absolute atomic E-state index is 0.0552. The van der Waals surface area contributed by atoms with Gasteiger partial charge in [0.15, 0.2) is 11.5 Å². The Bertz CT molecular complexity index is 989. The van der Waals surface area contributed by atoms with E-state index in [0.29, 0.717) is 30.5 Å². The first-order valence-electron chi connectivity index (χ1n) is 10.1. The van der Waals surface area contributed by atoms with Crippen molar-refractivity contribution in [1.29, 1.82) is 0 Å². The van der Waals surface area contributed by atoms with E-state index in [1.807, 2.05) is 32.9 Å². The van der Waals surface area contributed by atoms with Crippen molar-refractivity contribution >= 4 is 23.6 Å². The number of fused-ring (bicyclic) bond motifs is 1. The molecule has 0 bridgehead atoms. The Morgan fingerprint density at radius 3 is 2.45 bits per heavy atom. The fraction of sp³-hybridized carbons (Fsp3) is 0.333. The Morgan fingerprint density at radius 2 is 1.77 bits per heavy atom. The average molecular weight is 424 g/mol. The number of nitrogens with zero attached hydrogens (tertiary/aromatic N) is 1. The first kappa shape index (κ1) is 22.2. The topological polar surface area (TPSA) is 77.1 Å². The number of carbonyl (C=O) groups is 2. The van der Waals surface area contributed by atoms with Gasteiger partial charge in [-0.15, -0.1) is 0 Å². The summed E-state index contributed by atoms with van der Waals surface area (Å²) in [5.41, 5.74) is 4.65. The molecule has 0 unspecified atom stereocenters. The van der Waals surface area contributed by atoms with Crippen molar-refractivity contribution in [3.05, 3.63) is 52.6 Å². The lowest BCUT2D eigenvalue weighted by Gasteiger charge is -2.21. The summed E-state index contributed by atoms with van der Waals surface area (Å²) >= 11 is 0. The van der Waals surface area contributed by atoms with E-state index in [1.54, 1.807) is 32.4 Å². The Labute approximate surface area is 182 Å². The molecule has 1 aliphatic rings. The van der Waals surface area contributed by atoms with Gasteiger partial charge in [0.05, 0.1) is 13.7 Å². The molecule has 2 amide bonds. The number of ether oxygens (including phenoxy) is 3. The second-order valence-electron chi connectivity index (χ2n) is 7.60. The molecule has 0 atom stereocenters. The van der Waals surface area contributed by atoms with Gasteiger partial charge >= 0.3 is 0 Å². The zero-order chi connectivity index (χ0) is 22.5. The zero-order valence-corrected chi connectivity index (χ0v) is 18.6. The van der Waals surface area contributed by atoms with Gasteiger partial charge < -0.3 is 24.4 Å². The Kier molecular flexibility index (Phi) is 6.84. The van der Waals surface area contributed by atoms with E-state index >= 15 is 0 Å². The molecule has 0 radical (unpaired) electrons. The van der Waals surface area contributed by atoms with E-state index in [2.05, 4.69) is 5.32 Å². The van der Waals surface area contributed by atoms with Gasteiger partial charge in [0.25, 0.3) is 0 Å². The van der Waals surface area contributed by atoms with Gasteiger partial charge in [-0.1, -0.05) is 17.7 Å². The molecule has 164 valence electrons. The summed E-state index contributed by atoms with van der Waals surface area (Å²) in [6.07, 6.45) is 3.08. The van der Waals surface area contributed by atoms with Crippen LogP contribution in [0.1, 0.15) is 22.3 Å². The van der Waals surface area contributed by atoms with Gasteiger partial charge in [-0.25, -0.2) is 0 Å². The maximum absolute atomic E-state index is 12.5. The molecule has 0 aliphatic carbocycles. The monoisotopic (exact) mass is 424 g/mol. The fourth-order valence-corrected chi connectivity index (χ4v) is 3.53. The van der Waals surface area contributed by atoms with E-state index in [4.69, 9.17) is 14.2 Å². The van der Waals surface area contributed by atoms with Crippen LogP contribution in [0.2, 0.25) is 0 Å². The number of rotatable bonds is 6. The van der Waals surface area contributed by atoms with E-state index in [1.165, 1.54) is 11.0 Å². The molecular formula is C24H28N2O5. The molecule has 1 heterocycles. The summed E-state index contributed by atoms with van der Waals surface area (Å²) in [4.78, 5) is 26.3. The van der Waals surface area contributed by atoms with Crippen LogP contribution >= 0.6 is 0 Å². The highest BCUT2D eigenvalue weighted by molar-refractivity contribution is 5.98. The van der Waals surface area contributed by atoms with Crippen molar-refractivity contribution in [2.75, 3.05) is 39.2 Å². The van der Waals surface area contributed by atoms with E-state index in [9.17, 15) is 9.59 Å². The van der Waals surface area contributed by atoms with Crippen LogP contribution in [0.4, 0.5) is 5.69 Å². The van der Waals surface area contributed by atoms with Crippen molar-refractivity contribution in [3.8, 4) is 17.2 Å². The number of methoxy groups -OCH3 is 1.